The molecule has 0 radical (unpaired) electrons. The highest BCUT2D eigenvalue weighted by atomic mass is 19.1. The van der Waals surface area contributed by atoms with E-state index in [0.29, 0.717) is 24.7 Å². The van der Waals surface area contributed by atoms with Crippen LogP contribution in [-0.4, -0.2) is 48.2 Å². The van der Waals surface area contributed by atoms with Gasteiger partial charge in [0, 0.05) is 47.9 Å². The fraction of sp³-hybridized carbons (Fsp3) is 0.161. The molecule has 0 atom stereocenters. The van der Waals surface area contributed by atoms with Crippen LogP contribution in [0, 0.1) is 5.82 Å². The van der Waals surface area contributed by atoms with Crippen LogP contribution in [0.15, 0.2) is 83.5 Å². The predicted molar refractivity (Wildman–Crippen MR) is 159 cm³/mol. The number of urea groups is 1. The number of anilines is 4. The second-order valence-corrected chi connectivity index (χ2v) is 9.71. The lowest BCUT2D eigenvalue weighted by Crippen LogP contribution is -2.37. The first-order valence-electron chi connectivity index (χ1n) is 13.4. The van der Waals surface area contributed by atoms with E-state index in [1.807, 2.05) is 42.5 Å². The molecule has 1 aliphatic heterocycles. The zero-order valence-corrected chi connectivity index (χ0v) is 22.7. The van der Waals surface area contributed by atoms with Crippen molar-refractivity contribution >= 4 is 45.7 Å². The number of nitrogens with one attached hydrogen (secondary N) is 3. The van der Waals surface area contributed by atoms with Crippen molar-refractivity contribution in [3.63, 3.8) is 0 Å². The first-order chi connectivity index (χ1) is 20.4. The number of fused-ring (bicyclic) bond motifs is 1. The molecular formula is C31H27FN6O4. The van der Waals surface area contributed by atoms with Gasteiger partial charge in [-0.2, -0.15) is 0 Å². The van der Waals surface area contributed by atoms with Gasteiger partial charge in [-0.15, -0.1) is 0 Å². The van der Waals surface area contributed by atoms with Gasteiger partial charge in [0.2, 0.25) is 5.91 Å². The maximum atomic E-state index is 14.2. The second kappa shape index (κ2) is 11.7. The van der Waals surface area contributed by atoms with E-state index in [1.165, 1.54) is 19.1 Å². The number of ether oxygens (including phenoxy) is 1. The van der Waals surface area contributed by atoms with Crippen LogP contribution in [0.25, 0.3) is 33.6 Å². The summed E-state index contributed by atoms with van der Waals surface area (Å²) in [5.74, 6) is 1.09. The Morgan fingerprint density at radius 2 is 1.60 bits per heavy atom. The molecule has 0 bridgehead atoms. The fourth-order valence-corrected chi connectivity index (χ4v) is 4.73. The minimum absolute atomic E-state index is 0.0360. The molecule has 0 saturated carbocycles. The van der Waals surface area contributed by atoms with Gasteiger partial charge in [0.25, 0.3) is 0 Å². The van der Waals surface area contributed by atoms with Crippen LogP contribution in [0.5, 0.6) is 0 Å². The summed E-state index contributed by atoms with van der Waals surface area (Å²) in [6, 6.07) is 20.4. The number of hydrogen-bond donors (Lipinski definition) is 3. The molecule has 11 heteroatoms. The van der Waals surface area contributed by atoms with Gasteiger partial charge in [-0.25, -0.2) is 19.2 Å². The van der Waals surface area contributed by atoms with Gasteiger partial charge in [-0.1, -0.05) is 6.07 Å². The van der Waals surface area contributed by atoms with E-state index < -0.39 is 11.8 Å². The molecule has 1 saturated heterocycles. The summed E-state index contributed by atoms with van der Waals surface area (Å²) >= 11 is 0. The molecule has 42 heavy (non-hydrogen) atoms. The van der Waals surface area contributed by atoms with Crippen molar-refractivity contribution in [2.24, 2.45) is 0 Å². The molecule has 10 nitrogen and oxygen atoms in total. The van der Waals surface area contributed by atoms with Crippen molar-refractivity contribution in [1.82, 2.24) is 9.97 Å². The van der Waals surface area contributed by atoms with Crippen LogP contribution in [-0.2, 0) is 9.53 Å². The highest BCUT2D eigenvalue weighted by molar-refractivity contribution is 6.00. The van der Waals surface area contributed by atoms with E-state index in [4.69, 9.17) is 19.1 Å². The molecule has 212 valence electrons. The van der Waals surface area contributed by atoms with Crippen LogP contribution in [0.2, 0.25) is 0 Å². The van der Waals surface area contributed by atoms with E-state index in [0.717, 1.165) is 52.8 Å². The number of morpholine rings is 1. The van der Waals surface area contributed by atoms with Gasteiger partial charge in [-0.3, -0.25) is 4.79 Å². The van der Waals surface area contributed by atoms with Crippen LogP contribution >= 0.6 is 0 Å². The first-order valence-corrected chi connectivity index (χ1v) is 13.4. The molecule has 3 aromatic carbocycles. The highest BCUT2D eigenvalue weighted by Gasteiger charge is 2.19. The lowest BCUT2D eigenvalue weighted by Gasteiger charge is -2.29. The molecule has 1 aliphatic rings. The van der Waals surface area contributed by atoms with Crippen molar-refractivity contribution in [1.29, 1.82) is 0 Å². The quantitative estimate of drug-likeness (QED) is 0.226. The summed E-state index contributed by atoms with van der Waals surface area (Å²) in [7, 11) is 0. The molecule has 1 fully saturated rings. The molecule has 3 N–H and O–H groups in total. The van der Waals surface area contributed by atoms with E-state index in [9.17, 15) is 14.0 Å². The Morgan fingerprint density at radius 1 is 0.857 bits per heavy atom. The predicted octanol–water partition coefficient (Wildman–Crippen LogP) is 6.13. The molecular weight excluding hydrogens is 539 g/mol. The number of nitrogens with zero attached hydrogens (tertiary/aromatic N) is 3. The Bertz CT molecular complexity index is 1750. The normalized spacial score (nSPS) is 13.1. The average Bonchev–Trinajstić information content (AvgIpc) is 3.54. The van der Waals surface area contributed by atoms with Gasteiger partial charge < -0.3 is 30.0 Å². The smallest absolute Gasteiger partial charge is 0.323 e. The number of aromatic nitrogens is 2. The van der Waals surface area contributed by atoms with E-state index >= 15 is 0 Å². The van der Waals surface area contributed by atoms with Crippen LogP contribution in [0.3, 0.4) is 0 Å². The average molecular weight is 567 g/mol. The molecule has 0 unspecified atom stereocenters. The Kier molecular flexibility index (Phi) is 7.48. The third-order valence-electron chi connectivity index (χ3n) is 6.73. The Balaban J connectivity index is 1.23. The Morgan fingerprint density at radius 3 is 2.31 bits per heavy atom. The topological polar surface area (TPSA) is 122 Å². The molecule has 3 amide bonds. The second-order valence-electron chi connectivity index (χ2n) is 9.71. The highest BCUT2D eigenvalue weighted by Crippen LogP contribution is 2.32. The zero-order chi connectivity index (χ0) is 29.1. The number of halogens is 1. The third-order valence-corrected chi connectivity index (χ3v) is 6.73. The van der Waals surface area contributed by atoms with Gasteiger partial charge in [0.05, 0.1) is 30.7 Å². The molecule has 3 heterocycles. The summed E-state index contributed by atoms with van der Waals surface area (Å²) in [5, 5.41) is 8.65. The number of furan rings is 1. The number of benzene rings is 3. The maximum absolute atomic E-state index is 14.2. The lowest BCUT2D eigenvalue weighted by atomic mass is 10.1. The zero-order valence-electron chi connectivity index (χ0n) is 22.7. The fourth-order valence-electron chi connectivity index (χ4n) is 4.73. The largest absolute Gasteiger partial charge is 0.464 e. The molecule has 0 spiro atoms. The summed E-state index contributed by atoms with van der Waals surface area (Å²) in [6.07, 6.45) is 1.64. The van der Waals surface area contributed by atoms with Gasteiger partial charge in [-0.05, 0) is 66.7 Å². The van der Waals surface area contributed by atoms with Crippen molar-refractivity contribution in [2.75, 3.05) is 47.2 Å². The first kappa shape index (κ1) is 26.9. The summed E-state index contributed by atoms with van der Waals surface area (Å²) in [4.78, 5) is 35.7. The third kappa shape index (κ3) is 5.91. The van der Waals surface area contributed by atoms with Gasteiger partial charge in [0.15, 0.2) is 5.82 Å². The number of carbonyl (C=O) groups is 2. The van der Waals surface area contributed by atoms with Crippen molar-refractivity contribution < 1.29 is 23.1 Å². The van der Waals surface area contributed by atoms with Crippen LogP contribution in [0.4, 0.5) is 32.1 Å². The van der Waals surface area contributed by atoms with Gasteiger partial charge >= 0.3 is 6.03 Å². The Labute approximate surface area is 240 Å². The maximum Gasteiger partial charge on any atom is 0.323 e. The molecule has 5 aromatic rings. The number of hydrogen-bond acceptors (Lipinski definition) is 7. The molecule has 0 aliphatic carbocycles. The summed E-state index contributed by atoms with van der Waals surface area (Å²) in [6.45, 7) is 3.99. The summed E-state index contributed by atoms with van der Waals surface area (Å²) in [5.41, 5.74) is 3.28. The summed E-state index contributed by atoms with van der Waals surface area (Å²) < 4.78 is 25.4. The van der Waals surface area contributed by atoms with Gasteiger partial charge in [0.1, 0.15) is 17.4 Å². The Hall–Kier alpha value is -5.29. The monoisotopic (exact) mass is 566 g/mol. The van der Waals surface area contributed by atoms with Crippen LogP contribution < -0.4 is 20.9 Å². The minimum atomic E-state index is -0.657. The van der Waals surface area contributed by atoms with Crippen molar-refractivity contribution in [2.45, 2.75) is 6.92 Å². The minimum Gasteiger partial charge on any atom is -0.464 e. The van der Waals surface area contributed by atoms with E-state index in [-0.39, 0.29) is 17.3 Å². The van der Waals surface area contributed by atoms with E-state index in [1.54, 1.807) is 18.4 Å². The van der Waals surface area contributed by atoms with Crippen molar-refractivity contribution in [3.8, 4) is 22.7 Å². The van der Waals surface area contributed by atoms with E-state index in [2.05, 4.69) is 20.9 Å². The molecule has 6 rings (SSSR count). The van der Waals surface area contributed by atoms with Crippen LogP contribution in [0.1, 0.15) is 6.92 Å². The number of rotatable bonds is 6. The molecule has 2 aromatic heterocycles. The number of carbonyl (C=O) groups excluding carboxylic acids is 2. The lowest BCUT2D eigenvalue weighted by molar-refractivity contribution is -0.114. The SMILES string of the molecule is CC(=O)Nc1ccc(NC(=O)Nc2ccc(-c3nc(N4CCOCC4)c4ccc(-c5ccco5)cc4n3)cc2)cc1F. The van der Waals surface area contributed by atoms with Crippen molar-refractivity contribution in [3.05, 3.63) is 84.9 Å². The standard InChI is InChI=1S/C31H27FN6O4/c1-19(39)33-26-11-9-23(18-25(26)32)35-31(40)34-22-7-4-20(5-8-22)29-36-27-17-21(28-3-2-14-42-28)6-10-24(27)30(37-29)38-12-15-41-16-13-38/h2-11,14,17-18H,12-13,15-16H2,1H3,(H,33,39)(H2,34,35,40). The number of amides is 3.